The summed E-state index contributed by atoms with van der Waals surface area (Å²) in [5.41, 5.74) is 0.130. The second kappa shape index (κ2) is 8.27. The van der Waals surface area contributed by atoms with Gasteiger partial charge < -0.3 is 10.1 Å². The van der Waals surface area contributed by atoms with E-state index in [4.69, 9.17) is 4.74 Å². The number of likely N-dealkylation sites (N-methyl/N-ethyl adjacent to an activating group) is 1. The van der Waals surface area contributed by atoms with E-state index in [-0.39, 0.29) is 6.04 Å². The van der Waals surface area contributed by atoms with Crippen molar-refractivity contribution in [2.24, 2.45) is 0 Å². The van der Waals surface area contributed by atoms with E-state index in [1.54, 1.807) is 13.2 Å². The SMILES string of the molecule is CCNC(CCCOC)Cc1cccc(C(F)(F)F)c1. The average Bonchev–Trinajstić information content (AvgIpc) is 2.38. The number of alkyl halides is 3. The van der Waals surface area contributed by atoms with Crippen LogP contribution in [0.5, 0.6) is 0 Å². The lowest BCUT2D eigenvalue weighted by Gasteiger charge is -2.18. The largest absolute Gasteiger partial charge is 0.416 e. The molecule has 0 aliphatic heterocycles. The van der Waals surface area contributed by atoms with Crippen LogP contribution in [0.1, 0.15) is 30.9 Å². The third-order valence-electron chi connectivity index (χ3n) is 3.13. The van der Waals surface area contributed by atoms with Gasteiger partial charge in [-0.05, 0) is 37.4 Å². The molecule has 5 heteroatoms. The summed E-state index contributed by atoms with van der Waals surface area (Å²) in [5, 5.41) is 3.31. The lowest BCUT2D eigenvalue weighted by atomic mass is 10.00. The molecular formula is C15H22F3NO. The minimum Gasteiger partial charge on any atom is -0.385 e. The molecular weight excluding hydrogens is 267 g/mol. The van der Waals surface area contributed by atoms with Crippen molar-refractivity contribution in [2.45, 2.75) is 38.4 Å². The number of nitrogens with one attached hydrogen (secondary N) is 1. The van der Waals surface area contributed by atoms with E-state index in [0.717, 1.165) is 25.5 Å². The number of halogens is 3. The third kappa shape index (κ3) is 5.92. The first-order chi connectivity index (χ1) is 9.47. The second-order valence-corrected chi connectivity index (χ2v) is 4.79. The number of rotatable bonds is 8. The smallest absolute Gasteiger partial charge is 0.385 e. The molecule has 0 bridgehead atoms. The number of methoxy groups -OCH3 is 1. The second-order valence-electron chi connectivity index (χ2n) is 4.79. The molecule has 0 saturated heterocycles. The van der Waals surface area contributed by atoms with Crippen LogP contribution in [0.25, 0.3) is 0 Å². The number of hydrogen-bond acceptors (Lipinski definition) is 2. The number of benzene rings is 1. The Bertz CT molecular complexity index is 393. The van der Waals surface area contributed by atoms with Crippen molar-refractivity contribution in [3.05, 3.63) is 35.4 Å². The van der Waals surface area contributed by atoms with E-state index in [1.165, 1.54) is 12.1 Å². The van der Waals surface area contributed by atoms with Gasteiger partial charge in [0.2, 0.25) is 0 Å². The first-order valence-corrected chi connectivity index (χ1v) is 6.85. The third-order valence-corrected chi connectivity index (χ3v) is 3.13. The molecule has 1 aromatic carbocycles. The maximum absolute atomic E-state index is 12.7. The van der Waals surface area contributed by atoms with Gasteiger partial charge in [0.25, 0.3) is 0 Å². The van der Waals surface area contributed by atoms with E-state index >= 15 is 0 Å². The predicted molar refractivity (Wildman–Crippen MR) is 73.7 cm³/mol. The molecule has 114 valence electrons. The fourth-order valence-electron chi connectivity index (χ4n) is 2.20. The summed E-state index contributed by atoms with van der Waals surface area (Å²) in [6.07, 6.45) is -1.90. The molecule has 0 fully saturated rings. The molecule has 0 saturated carbocycles. The van der Waals surface area contributed by atoms with Gasteiger partial charge in [-0.1, -0.05) is 25.1 Å². The Morgan fingerprint density at radius 2 is 2.05 bits per heavy atom. The average molecular weight is 289 g/mol. The van der Waals surface area contributed by atoms with Crippen molar-refractivity contribution >= 4 is 0 Å². The van der Waals surface area contributed by atoms with Gasteiger partial charge in [0.15, 0.2) is 0 Å². The van der Waals surface area contributed by atoms with Crippen LogP contribution >= 0.6 is 0 Å². The molecule has 0 radical (unpaired) electrons. The number of ether oxygens (including phenoxy) is 1. The molecule has 1 aromatic rings. The van der Waals surface area contributed by atoms with Gasteiger partial charge in [-0.3, -0.25) is 0 Å². The summed E-state index contributed by atoms with van der Waals surface area (Å²) in [6.45, 7) is 3.47. The van der Waals surface area contributed by atoms with Gasteiger partial charge in [-0.25, -0.2) is 0 Å². The normalized spacial score (nSPS) is 13.4. The zero-order valence-electron chi connectivity index (χ0n) is 12.0. The highest BCUT2D eigenvalue weighted by atomic mass is 19.4. The Labute approximate surface area is 118 Å². The highest BCUT2D eigenvalue weighted by molar-refractivity contribution is 5.26. The van der Waals surface area contributed by atoms with Gasteiger partial charge in [-0.15, -0.1) is 0 Å². The Kier molecular flexibility index (Phi) is 7.02. The maximum atomic E-state index is 12.7. The van der Waals surface area contributed by atoms with Gasteiger partial charge in [0.1, 0.15) is 0 Å². The minimum atomic E-state index is -4.28. The molecule has 20 heavy (non-hydrogen) atoms. The van der Waals surface area contributed by atoms with Crippen molar-refractivity contribution in [3.8, 4) is 0 Å². The fraction of sp³-hybridized carbons (Fsp3) is 0.600. The molecule has 1 unspecified atom stereocenters. The van der Waals surface area contributed by atoms with Crippen LogP contribution < -0.4 is 5.32 Å². The molecule has 1 N–H and O–H groups in total. The zero-order valence-corrected chi connectivity index (χ0v) is 12.0. The Morgan fingerprint density at radius 1 is 1.30 bits per heavy atom. The quantitative estimate of drug-likeness (QED) is 0.738. The summed E-state index contributed by atoms with van der Waals surface area (Å²) in [4.78, 5) is 0. The molecule has 0 spiro atoms. The van der Waals surface area contributed by atoms with Crippen LogP contribution in [-0.4, -0.2) is 26.3 Å². The van der Waals surface area contributed by atoms with Crippen LogP contribution in [0.3, 0.4) is 0 Å². The summed E-state index contributed by atoms with van der Waals surface area (Å²) in [5.74, 6) is 0. The van der Waals surface area contributed by atoms with E-state index in [9.17, 15) is 13.2 Å². The molecule has 1 atom stereocenters. The molecule has 0 aliphatic rings. The zero-order chi connectivity index (χ0) is 15.0. The Morgan fingerprint density at radius 3 is 2.65 bits per heavy atom. The molecule has 2 nitrogen and oxygen atoms in total. The van der Waals surface area contributed by atoms with Crippen molar-refractivity contribution < 1.29 is 17.9 Å². The van der Waals surface area contributed by atoms with Gasteiger partial charge in [0, 0.05) is 19.8 Å². The van der Waals surface area contributed by atoms with Crippen LogP contribution in [0.4, 0.5) is 13.2 Å². The molecule has 0 aromatic heterocycles. The highest BCUT2D eigenvalue weighted by Crippen LogP contribution is 2.29. The van der Waals surface area contributed by atoms with Crippen molar-refractivity contribution in [1.29, 1.82) is 0 Å². The van der Waals surface area contributed by atoms with Crippen molar-refractivity contribution in [3.63, 3.8) is 0 Å². The molecule has 1 rings (SSSR count). The molecule has 0 heterocycles. The summed E-state index contributed by atoms with van der Waals surface area (Å²) in [6, 6.07) is 5.74. The van der Waals surface area contributed by atoms with Crippen molar-refractivity contribution in [1.82, 2.24) is 5.32 Å². The van der Waals surface area contributed by atoms with Gasteiger partial charge in [0.05, 0.1) is 5.56 Å². The first kappa shape index (κ1) is 17.0. The van der Waals surface area contributed by atoms with Crippen LogP contribution in [0.15, 0.2) is 24.3 Å². The van der Waals surface area contributed by atoms with E-state index in [0.29, 0.717) is 18.6 Å². The van der Waals surface area contributed by atoms with Crippen molar-refractivity contribution in [2.75, 3.05) is 20.3 Å². The Hall–Kier alpha value is -1.07. The lowest BCUT2D eigenvalue weighted by Crippen LogP contribution is -2.31. The molecule has 0 amide bonds. The van der Waals surface area contributed by atoms with Crippen LogP contribution in [0, 0.1) is 0 Å². The summed E-state index contributed by atoms with van der Waals surface area (Å²) in [7, 11) is 1.65. The predicted octanol–water partition coefficient (Wildman–Crippen LogP) is 3.65. The first-order valence-electron chi connectivity index (χ1n) is 6.85. The standard InChI is InChI=1S/C15H22F3NO/c1-3-19-14(8-5-9-20-2)11-12-6-4-7-13(10-12)15(16,17)18/h4,6-7,10,14,19H,3,5,8-9,11H2,1-2H3. The summed E-state index contributed by atoms with van der Waals surface area (Å²) >= 11 is 0. The topological polar surface area (TPSA) is 21.3 Å². The molecule has 0 aliphatic carbocycles. The van der Waals surface area contributed by atoms with E-state index in [1.807, 2.05) is 6.92 Å². The van der Waals surface area contributed by atoms with Gasteiger partial charge >= 0.3 is 6.18 Å². The van der Waals surface area contributed by atoms with E-state index < -0.39 is 11.7 Å². The van der Waals surface area contributed by atoms with Crippen LogP contribution in [-0.2, 0) is 17.3 Å². The van der Waals surface area contributed by atoms with E-state index in [2.05, 4.69) is 5.32 Å². The maximum Gasteiger partial charge on any atom is 0.416 e. The number of hydrogen-bond donors (Lipinski definition) is 1. The lowest BCUT2D eigenvalue weighted by molar-refractivity contribution is -0.137. The monoisotopic (exact) mass is 289 g/mol. The van der Waals surface area contributed by atoms with Crippen LogP contribution in [0.2, 0.25) is 0 Å². The summed E-state index contributed by atoms with van der Waals surface area (Å²) < 4.78 is 43.0. The highest BCUT2D eigenvalue weighted by Gasteiger charge is 2.30. The van der Waals surface area contributed by atoms with Gasteiger partial charge in [-0.2, -0.15) is 13.2 Å². The minimum absolute atomic E-state index is 0.179. The fourth-order valence-corrected chi connectivity index (χ4v) is 2.20. The Balaban J connectivity index is 2.67.